The molecule has 0 saturated heterocycles. The molecule has 0 amide bonds. The van der Waals surface area contributed by atoms with Gasteiger partial charge in [0.05, 0.1) is 18.9 Å². The molecular formula is C19H18O4. The first-order chi connectivity index (χ1) is 11.1. The number of hydrogen-bond acceptors (Lipinski definition) is 4. The van der Waals surface area contributed by atoms with Gasteiger partial charge in [-0.3, -0.25) is 14.4 Å². The van der Waals surface area contributed by atoms with Crippen LogP contribution in [0.5, 0.6) is 0 Å². The molecule has 0 saturated carbocycles. The Hall–Kier alpha value is -2.75. The summed E-state index contributed by atoms with van der Waals surface area (Å²) in [5.74, 6) is -2.36. The average Bonchev–Trinajstić information content (AvgIpc) is 2.60. The second-order valence-corrected chi connectivity index (χ2v) is 5.02. The molecule has 0 bridgehead atoms. The Labute approximate surface area is 135 Å². The van der Waals surface area contributed by atoms with Crippen LogP contribution in [-0.4, -0.2) is 24.1 Å². The third-order valence-corrected chi connectivity index (χ3v) is 3.43. The van der Waals surface area contributed by atoms with E-state index in [0.717, 1.165) is 0 Å². The maximum absolute atomic E-state index is 12.7. The highest BCUT2D eigenvalue weighted by molar-refractivity contribution is 6.17. The van der Waals surface area contributed by atoms with E-state index < -0.39 is 11.9 Å². The number of esters is 1. The van der Waals surface area contributed by atoms with Crippen LogP contribution in [0, 0.1) is 5.92 Å². The lowest BCUT2D eigenvalue weighted by molar-refractivity contribution is -0.143. The fourth-order valence-corrected chi connectivity index (χ4v) is 2.30. The van der Waals surface area contributed by atoms with Crippen LogP contribution in [0.2, 0.25) is 0 Å². The van der Waals surface area contributed by atoms with Crippen molar-refractivity contribution in [1.29, 1.82) is 0 Å². The summed E-state index contributed by atoms with van der Waals surface area (Å²) >= 11 is 0. The Morgan fingerprint density at radius 1 is 0.826 bits per heavy atom. The molecule has 2 aromatic rings. The van der Waals surface area contributed by atoms with Crippen molar-refractivity contribution in [2.75, 3.05) is 6.61 Å². The maximum Gasteiger partial charge on any atom is 0.306 e. The van der Waals surface area contributed by atoms with E-state index in [-0.39, 0.29) is 24.6 Å². The fraction of sp³-hybridized carbons (Fsp3) is 0.211. The number of carbonyl (C=O) groups excluding carboxylic acids is 3. The quantitative estimate of drug-likeness (QED) is 0.447. The monoisotopic (exact) mass is 310 g/mol. The molecule has 4 nitrogen and oxygen atoms in total. The van der Waals surface area contributed by atoms with Crippen molar-refractivity contribution in [2.45, 2.75) is 13.3 Å². The van der Waals surface area contributed by atoms with E-state index in [9.17, 15) is 14.4 Å². The highest BCUT2D eigenvalue weighted by Crippen LogP contribution is 2.19. The third-order valence-electron chi connectivity index (χ3n) is 3.43. The summed E-state index contributed by atoms with van der Waals surface area (Å²) in [5.41, 5.74) is 0.817. The highest BCUT2D eigenvalue weighted by Gasteiger charge is 2.31. The van der Waals surface area contributed by atoms with Crippen LogP contribution in [-0.2, 0) is 9.53 Å². The summed E-state index contributed by atoms with van der Waals surface area (Å²) in [6.45, 7) is 1.90. The van der Waals surface area contributed by atoms with Gasteiger partial charge in [0.25, 0.3) is 0 Å². The molecule has 0 aromatic heterocycles. The summed E-state index contributed by atoms with van der Waals surface area (Å²) < 4.78 is 4.90. The first-order valence-corrected chi connectivity index (χ1v) is 7.47. The van der Waals surface area contributed by atoms with Crippen LogP contribution < -0.4 is 0 Å². The van der Waals surface area contributed by atoms with Gasteiger partial charge in [0.1, 0.15) is 0 Å². The van der Waals surface area contributed by atoms with Crippen LogP contribution in [0.1, 0.15) is 34.1 Å². The number of benzene rings is 2. The normalized spacial score (nSPS) is 10.3. The molecule has 2 rings (SSSR count). The van der Waals surface area contributed by atoms with E-state index >= 15 is 0 Å². The molecule has 0 N–H and O–H groups in total. The van der Waals surface area contributed by atoms with E-state index in [1.807, 2.05) is 0 Å². The second-order valence-electron chi connectivity index (χ2n) is 5.02. The van der Waals surface area contributed by atoms with Crippen LogP contribution >= 0.6 is 0 Å². The maximum atomic E-state index is 12.7. The Morgan fingerprint density at radius 3 is 1.65 bits per heavy atom. The van der Waals surface area contributed by atoms with Crippen LogP contribution in [0.3, 0.4) is 0 Å². The number of hydrogen-bond donors (Lipinski definition) is 0. The Balaban J connectivity index is 2.30. The number of ketones is 2. The van der Waals surface area contributed by atoms with Gasteiger partial charge in [-0.15, -0.1) is 0 Å². The van der Waals surface area contributed by atoms with Crippen molar-refractivity contribution >= 4 is 17.5 Å². The number of Topliss-reactive ketones (excluding diaryl/α,β-unsaturated/α-hetero) is 2. The van der Waals surface area contributed by atoms with Crippen molar-refractivity contribution < 1.29 is 19.1 Å². The molecule has 0 radical (unpaired) electrons. The molecule has 0 aliphatic carbocycles. The minimum atomic E-state index is -1.07. The molecule has 0 aliphatic heterocycles. The summed E-state index contributed by atoms with van der Waals surface area (Å²) in [5, 5.41) is 0. The van der Waals surface area contributed by atoms with Crippen LogP contribution in [0.4, 0.5) is 0 Å². The van der Waals surface area contributed by atoms with E-state index in [4.69, 9.17) is 4.74 Å². The van der Waals surface area contributed by atoms with Gasteiger partial charge in [-0.2, -0.15) is 0 Å². The number of carbonyl (C=O) groups is 3. The second kappa shape index (κ2) is 8.03. The summed E-state index contributed by atoms with van der Waals surface area (Å²) in [6.07, 6.45) is -0.255. The Morgan fingerprint density at radius 2 is 1.26 bits per heavy atom. The third kappa shape index (κ3) is 4.36. The molecule has 0 fully saturated rings. The molecular weight excluding hydrogens is 292 g/mol. The van der Waals surface area contributed by atoms with Gasteiger partial charge in [0, 0.05) is 11.1 Å². The molecule has 0 spiro atoms. The molecule has 4 heteroatoms. The van der Waals surface area contributed by atoms with Crippen molar-refractivity contribution in [3.8, 4) is 0 Å². The molecule has 0 aliphatic rings. The van der Waals surface area contributed by atoms with Crippen molar-refractivity contribution in [3.63, 3.8) is 0 Å². The van der Waals surface area contributed by atoms with Gasteiger partial charge in [0.15, 0.2) is 11.6 Å². The zero-order chi connectivity index (χ0) is 16.7. The topological polar surface area (TPSA) is 60.4 Å². The van der Waals surface area contributed by atoms with Gasteiger partial charge in [-0.05, 0) is 6.92 Å². The predicted molar refractivity (Wildman–Crippen MR) is 86.3 cm³/mol. The van der Waals surface area contributed by atoms with Crippen molar-refractivity contribution in [1.82, 2.24) is 0 Å². The lowest BCUT2D eigenvalue weighted by Gasteiger charge is -2.14. The SMILES string of the molecule is CCOC(=O)CC(C(=O)c1ccccc1)C(=O)c1ccccc1. The largest absolute Gasteiger partial charge is 0.466 e. The van der Waals surface area contributed by atoms with Crippen LogP contribution in [0.25, 0.3) is 0 Å². The minimum absolute atomic E-state index is 0.213. The molecule has 2 aromatic carbocycles. The van der Waals surface area contributed by atoms with Crippen molar-refractivity contribution in [2.24, 2.45) is 5.92 Å². The molecule has 0 unspecified atom stereocenters. The zero-order valence-electron chi connectivity index (χ0n) is 12.9. The molecule has 118 valence electrons. The standard InChI is InChI=1S/C19H18O4/c1-2-23-17(20)13-16(18(21)14-9-5-3-6-10-14)19(22)15-11-7-4-8-12-15/h3-12,16H,2,13H2,1H3. The minimum Gasteiger partial charge on any atom is -0.466 e. The van der Waals surface area contributed by atoms with E-state index in [1.165, 1.54) is 0 Å². The summed E-state index contributed by atoms with van der Waals surface area (Å²) in [6, 6.07) is 17.0. The molecule has 0 atom stereocenters. The fourth-order valence-electron chi connectivity index (χ4n) is 2.30. The van der Waals surface area contributed by atoms with Gasteiger partial charge < -0.3 is 4.74 Å². The smallest absolute Gasteiger partial charge is 0.306 e. The van der Waals surface area contributed by atoms with Gasteiger partial charge in [-0.1, -0.05) is 60.7 Å². The lowest BCUT2D eigenvalue weighted by Crippen LogP contribution is -2.28. The molecule has 0 heterocycles. The van der Waals surface area contributed by atoms with Gasteiger partial charge in [0.2, 0.25) is 0 Å². The number of rotatable bonds is 7. The van der Waals surface area contributed by atoms with E-state index in [1.54, 1.807) is 67.6 Å². The van der Waals surface area contributed by atoms with E-state index in [2.05, 4.69) is 0 Å². The van der Waals surface area contributed by atoms with Crippen molar-refractivity contribution in [3.05, 3.63) is 71.8 Å². The van der Waals surface area contributed by atoms with Crippen LogP contribution in [0.15, 0.2) is 60.7 Å². The highest BCUT2D eigenvalue weighted by atomic mass is 16.5. The van der Waals surface area contributed by atoms with Gasteiger partial charge >= 0.3 is 5.97 Å². The first kappa shape index (κ1) is 16.6. The molecule has 23 heavy (non-hydrogen) atoms. The van der Waals surface area contributed by atoms with Gasteiger partial charge in [-0.25, -0.2) is 0 Å². The Kier molecular flexibility index (Phi) is 5.80. The average molecular weight is 310 g/mol. The number of ether oxygens (including phenoxy) is 1. The summed E-state index contributed by atoms with van der Waals surface area (Å²) in [7, 11) is 0. The lowest BCUT2D eigenvalue weighted by atomic mass is 9.87. The zero-order valence-corrected chi connectivity index (χ0v) is 12.9. The summed E-state index contributed by atoms with van der Waals surface area (Å²) in [4.78, 5) is 37.1. The predicted octanol–water partition coefficient (Wildman–Crippen LogP) is 3.32. The Bertz CT molecular complexity index is 626. The van der Waals surface area contributed by atoms with E-state index in [0.29, 0.717) is 11.1 Å². The first-order valence-electron chi connectivity index (χ1n) is 7.47.